The van der Waals surface area contributed by atoms with Crippen LogP contribution < -0.4 is 10.1 Å². The van der Waals surface area contributed by atoms with Crippen molar-refractivity contribution in [2.75, 3.05) is 24.4 Å². The van der Waals surface area contributed by atoms with E-state index >= 15 is 0 Å². The lowest BCUT2D eigenvalue weighted by Crippen LogP contribution is -2.27. The summed E-state index contributed by atoms with van der Waals surface area (Å²) >= 11 is 0. The van der Waals surface area contributed by atoms with E-state index in [2.05, 4.69) is 10.4 Å². The Labute approximate surface area is 147 Å². The fourth-order valence-electron chi connectivity index (χ4n) is 2.16. The van der Waals surface area contributed by atoms with E-state index in [0.717, 1.165) is 0 Å². The summed E-state index contributed by atoms with van der Waals surface area (Å²) in [6.45, 7) is 5.33. The van der Waals surface area contributed by atoms with Gasteiger partial charge < -0.3 is 9.47 Å². The molecule has 0 bridgehead atoms. The number of aryl methyl sites for hydroxylation is 1. The molecule has 0 unspecified atom stereocenters. The third-order valence-corrected chi connectivity index (χ3v) is 4.14. The number of nitrogens with zero attached hydrogens (tertiary/aromatic N) is 2. The van der Waals surface area contributed by atoms with Crippen molar-refractivity contribution in [3.05, 3.63) is 24.0 Å². The van der Waals surface area contributed by atoms with Gasteiger partial charge in [-0.25, -0.2) is 17.7 Å². The molecule has 0 saturated heterocycles. The maximum absolute atomic E-state index is 12.0. The Kier molecular flexibility index (Phi) is 5.26. The quantitative estimate of drug-likeness (QED) is 0.868. The number of fused-ring (bicyclic) bond motifs is 1. The van der Waals surface area contributed by atoms with E-state index in [1.165, 1.54) is 13.4 Å². The molecule has 0 atom stereocenters. The summed E-state index contributed by atoms with van der Waals surface area (Å²) in [5.41, 5.74) is 1.17. The summed E-state index contributed by atoms with van der Waals surface area (Å²) in [5.74, 6) is 0.438. The van der Waals surface area contributed by atoms with Crippen LogP contribution in [0.1, 0.15) is 26.5 Å². The predicted molar refractivity (Wildman–Crippen MR) is 95.0 cm³/mol. The number of methoxy groups -OCH3 is 1. The van der Waals surface area contributed by atoms with Crippen molar-refractivity contribution in [3.8, 4) is 5.75 Å². The first-order chi connectivity index (χ1) is 11.5. The Morgan fingerprint density at radius 1 is 1.32 bits per heavy atom. The minimum Gasteiger partial charge on any atom is -0.493 e. The fraction of sp³-hybridized carbons (Fsp3) is 0.500. The lowest BCUT2D eigenvalue weighted by Gasteiger charge is -2.20. The van der Waals surface area contributed by atoms with Crippen LogP contribution in [0.5, 0.6) is 5.75 Å². The molecule has 138 valence electrons. The first-order valence-corrected chi connectivity index (χ1v) is 9.77. The summed E-state index contributed by atoms with van der Waals surface area (Å²) in [4.78, 5) is 12.0. The molecule has 0 saturated carbocycles. The number of hydrogen-bond acceptors (Lipinski definition) is 6. The van der Waals surface area contributed by atoms with Gasteiger partial charge in [0, 0.05) is 12.7 Å². The molecule has 0 spiro atoms. The topological polar surface area (TPSA) is 99.0 Å². The zero-order chi connectivity index (χ0) is 18.8. The highest BCUT2D eigenvalue weighted by Gasteiger charge is 2.18. The summed E-state index contributed by atoms with van der Waals surface area (Å²) in [6, 6.07) is 3.46. The second kappa shape index (κ2) is 6.91. The maximum Gasteiger partial charge on any atom is 0.412 e. The molecule has 2 rings (SSSR count). The van der Waals surface area contributed by atoms with Crippen LogP contribution in [0.25, 0.3) is 5.52 Å². The Bertz CT molecular complexity index is 881. The van der Waals surface area contributed by atoms with Crippen LogP contribution in [-0.2, 0) is 21.0 Å². The summed E-state index contributed by atoms with van der Waals surface area (Å²) in [6.07, 6.45) is 2.53. The van der Waals surface area contributed by atoms with Gasteiger partial charge in [0.25, 0.3) is 0 Å². The van der Waals surface area contributed by atoms with Crippen molar-refractivity contribution >= 4 is 27.1 Å². The first kappa shape index (κ1) is 19.0. The number of carbonyl (C=O) groups is 1. The molecule has 1 N–H and O–H groups in total. The Morgan fingerprint density at radius 2 is 2.00 bits per heavy atom. The van der Waals surface area contributed by atoms with Crippen LogP contribution in [0, 0.1) is 0 Å². The average Bonchev–Trinajstić information content (AvgIpc) is 2.83. The molecule has 8 nitrogen and oxygen atoms in total. The molecule has 0 fully saturated rings. The van der Waals surface area contributed by atoms with Gasteiger partial charge >= 0.3 is 6.09 Å². The highest BCUT2D eigenvalue weighted by molar-refractivity contribution is 7.90. The van der Waals surface area contributed by atoms with Crippen LogP contribution in [0.15, 0.2) is 18.3 Å². The van der Waals surface area contributed by atoms with E-state index < -0.39 is 21.5 Å². The predicted octanol–water partition coefficient (Wildman–Crippen LogP) is 2.28. The zero-order valence-electron chi connectivity index (χ0n) is 15.0. The largest absolute Gasteiger partial charge is 0.493 e. The second-order valence-electron chi connectivity index (χ2n) is 6.77. The summed E-state index contributed by atoms with van der Waals surface area (Å²) < 4.78 is 34.7. The van der Waals surface area contributed by atoms with E-state index in [1.807, 2.05) is 0 Å². The van der Waals surface area contributed by atoms with Crippen LogP contribution in [-0.4, -0.2) is 48.8 Å². The van der Waals surface area contributed by atoms with Crippen molar-refractivity contribution in [2.24, 2.45) is 0 Å². The number of amides is 1. The Hall–Kier alpha value is -2.29. The molecule has 2 heterocycles. The molecule has 25 heavy (non-hydrogen) atoms. The molecule has 0 aromatic carbocycles. The molecule has 0 aliphatic rings. The summed E-state index contributed by atoms with van der Waals surface area (Å²) in [5, 5.41) is 6.98. The molecule has 2 aromatic heterocycles. The van der Waals surface area contributed by atoms with Gasteiger partial charge in [0.05, 0.1) is 36.0 Å². The minimum atomic E-state index is -3.06. The third kappa shape index (κ3) is 5.63. The van der Waals surface area contributed by atoms with Crippen LogP contribution >= 0.6 is 0 Å². The summed E-state index contributed by atoms with van der Waals surface area (Å²) in [7, 11) is -1.58. The highest BCUT2D eigenvalue weighted by atomic mass is 32.2. The van der Waals surface area contributed by atoms with Gasteiger partial charge in [-0.15, -0.1) is 0 Å². The highest BCUT2D eigenvalue weighted by Crippen LogP contribution is 2.27. The molecule has 0 radical (unpaired) electrons. The molecule has 9 heteroatoms. The zero-order valence-corrected chi connectivity index (χ0v) is 15.8. The van der Waals surface area contributed by atoms with Gasteiger partial charge in [-0.2, -0.15) is 5.10 Å². The molecular weight excluding hydrogens is 346 g/mol. The van der Waals surface area contributed by atoms with Gasteiger partial charge in [-0.05, 0) is 32.9 Å². The smallest absolute Gasteiger partial charge is 0.412 e. The van der Waals surface area contributed by atoms with Crippen molar-refractivity contribution < 1.29 is 22.7 Å². The Morgan fingerprint density at radius 3 is 2.56 bits per heavy atom. The number of anilines is 1. The van der Waals surface area contributed by atoms with E-state index in [4.69, 9.17) is 9.47 Å². The molecular formula is C16H23N3O5S. The normalized spacial score (nSPS) is 12.2. The number of ether oxygens (including phenoxy) is 2. The number of rotatable bonds is 5. The first-order valence-electron chi connectivity index (χ1n) is 7.71. The van der Waals surface area contributed by atoms with Crippen molar-refractivity contribution in [3.63, 3.8) is 0 Å². The molecule has 0 aliphatic carbocycles. The Balaban J connectivity index is 2.27. The van der Waals surface area contributed by atoms with E-state index in [1.54, 1.807) is 43.6 Å². The van der Waals surface area contributed by atoms with Crippen molar-refractivity contribution in [1.82, 2.24) is 9.61 Å². The lowest BCUT2D eigenvalue weighted by atomic mass is 10.2. The average molecular weight is 369 g/mol. The van der Waals surface area contributed by atoms with Crippen LogP contribution in [0.3, 0.4) is 0 Å². The number of sulfone groups is 1. The third-order valence-electron chi connectivity index (χ3n) is 3.20. The van der Waals surface area contributed by atoms with Crippen molar-refractivity contribution in [1.29, 1.82) is 0 Å². The van der Waals surface area contributed by atoms with Crippen molar-refractivity contribution in [2.45, 2.75) is 32.8 Å². The number of aromatic nitrogens is 2. The number of nitrogens with one attached hydrogen (secondary N) is 1. The van der Waals surface area contributed by atoms with Gasteiger partial charge in [0.1, 0.15) is 15.4 Å². The van der Waals surface area contributed by atoms with Crippen LogP contribution in [0.4, 0.5) is 10.5 Å². The van der Waals surface area contributed by atoms with Gasteiger partial charge in [-0.1, -0.05) is 0 Å². The van der Waals surface area contributed by atoms with Crippen LogP contribution in [0.2, 0.25) is 0 Å². The molecule has 2 aromatic rings. The molecule has 1 amide bonds. The standard InChI is InChI=1S/C16H23N3O5S/c1-16(2,3)24-15(20)17-13-9-12-8-11(6-7-25(5,21)22)18-19(12)10-14(13)23-4/h8-10H,6-7H2,1-5H3,(H,17,20). The number of pyridine rings is 1. The van der Waals surface area contributed by atoms with E-state index in [0.29, 0.717) is 29.1 Å². The van der Waals surface area contributed by atoms with Gasteiger partial charge in [0.2, 0.25) is 0 Å². The minimum absolute atomic E-state index is 0.0248. The lowest BCUT2D eigenvalue weighted by molar-refractivity contribution is 0.0635. The second-order valence-corrected chi connectivity index (χ2v) is 9.03. The molecule has 0 aliphatic heterocycles. The van der Waals surface area contributed by atoms with Gasteiger partial charge in [0.15, 0.2) is 5.75 Å². The van der Waals surface area contributed by atoms with Gasteiger partial charge in [-0.3, -0.25) is 5.32 Å². The van der Waals surface area contributed by atoms with E-state index in [-0.39, 0.29) is 5.75 Å². The van der Waals surface area contributed by atoms with E-state index in [9.17, 15) is 13.2 Å². The monoisotopic (exact) mass is 369 g/mol. The number of carbonyl (C=O) groups excluding carboxylic acids is 1. The fourth-order valence-corrected chi connectivity index (χ4v) is 2.74. The number of hydrogen-bond donors (Lipinski definition) is 1. The maximum atomic E-state index is 12.0. The SMILES string of the molecule is COc1cn2nc(CCS(C)(=O)=O)cc2cc1NC(=O)OC(C)(C)C.